The van der Waals surface area contributed by atoms with Gasteiger partial charge in [-0.25, -0.2) is 13.1 Å². The number of carbonyl (C=O) groups is 1. The fraction of sp³-hybridized carbons (Fsp3) is 0.375. The fourth-order valence-electron chi connectivity index (χ4n) is 2.28. The van der Waals surface area contributed by atoms with Gasteiger partial charge in [-0.2, -0.15) is 0 Å². The molecule has 1 heterocycles. The first-order valence-corrected chi connectivity index (χ1v) is 9.55. The van der Waals surface area contributed by atoms with Gasteiger partial charge in [0.15, 0.2) is 5.69 Å². The zero-order valence-corrected chi connectivity index (χ0v) is 14.4. The van der Waals surface area contributed by atoms with E-state index in [-0.39, 0.29) is 17.1 Å². The summed E-state index contributed by atoms with van der Waals surface area (Å²) in [6, 6.07) is 7.65. The summed E-state index contributed by atoms with van der Waals surface area (Å²) in [6.45, 7) is 0.664. The first-order chi connectivity index (χ1) is 12.0. The lowest BCUT2D eigenvalue weighted by Crippen LogP contribution is -2.26. The van der Waals surface area contributed by atoms with Crippen LogP contribution in [0.1, 0.15) is 41.4 Å². The average Bonchev–Trinajstić information content (AvgIpc) is 3.32. The van der Waals surface area contributed by atoms with E-state index in [0.29, 0.717) is 30.3 Å². The molecule has 0 unspecified atom stereocenters. The van der Waals surface area contributed by atoms with E-state index in [9.17, 15) is 13.2 Å². The summed E-state index contributed by atoms with van der Waals surface area (Å²) >= 11 is 0. The molecule has 1 fully saturated rings. The highest BCUT2D eigenvalue weighted by molar-refractivity contribution is 7.89. The number of aromatic nitrogens is 1. The van der Waals surface area contributed by atoms with E-state index in [1.165, 1.54) is 12.1 Å². The van der Waals surface area contributed by atoms with Gasteiger partial charge in [0.1, 0.15) is 5.76 Å². The molecular weight excluding hydrogens is 344 g/mol. The van der Waals surface area contributed by atoms with Crippen molar-refractivity contribution in [3.8, 4) is 0 Å². The van der Waals surface area contributed by atoms with Crippen molar-refractivity contribution in [1.29, 1.82) is 0 Å². The number of sulfonamides is 1. The van der Waals surface area contributed by atoms with Crippen molar-refractivity contribution >= 4 is 21.6 Å². The molecule has 4 N–H and O–H groups in total. The molecule has 2 aromatic rings. The molecule has 1 aliphatic rings. The molecule has 1 saturated carbocycles. The molecule has 9 heteroatoms. The maximum absolute atomic E-state index is 12.2. The molecule has 25 heavy (non-hydrogen) atoms. The van der Waals surface area contributed by atoms with E-state index in [1.807, 2.05) is 0 Å². The van der Waals surface area contributed by atoms with E-state index >= 15 is 0 Å². The van der Waals surface area contributed by atoms with Crippen LogP contribution in [0.5, 0.6) is 0 Å². The van der Waals surface area contributed by atoms with E-state index in [2.05, 4.69) is 15.2 Å². The average molecular weight is 364 g/mol. The lowest BCUT2D eigenvalue weighted by Gasteiger charge is -2.08. The summed E-state index contributed by atoms with van der Waals surface area (Å²) in [4.78, 5) is 12.3. The molecule has 0 bridgehead atoms. The maximum atomic E-state index is 12.2. The first-order valence-electron chi connectivity index (χ1n) is 8.07. The van der Waals surface area contributed by atoms with Crippen molar-refractivity contribution in [3.63, 3.8) is 0 Å². The Morgan fingerprint density at radius 1 is 1.32 bits per heavy atom. The number of rotatable bonds is 8. The second-order valence-electron chi connectivity index (χ2n) is 5.91. The van der Waals surface area contributed by atoms with Crippen molar-refractivity contribution in [2.75, 3.05) is 18.4 Å². The summed E-state index contributed by atoms with van der Waals surface area (Å²) in [6.07, 6.45) is 2.64. The lowest BCUT2D eigenvalue weighted by atomic mass is 10.2. The van der Waals surface area contributed by atoms with Gasteiger partial charge in [-0.15, -0.1) is 0 Å². The van der Waals surface area contributed by atoms with Crippen molar-refractivity contribution in [2.45, 2.75) is 30.1 Å². The Kier molecular flexibility index (Phi) is 5.16. The number of nitrogens with two attached hydrogens (primary N) is 1. The molecule has 3 rings (SSSR count). The van der Waals surface area contributed by atoms with Gasteiger partial charge in [-0.05, 0) is 44.0 Å². The Morgan fingerprint density at radius 2 is 2.12 bits per heavy atom. The standard InChI is InChI=1S/C16H20N4O4S/c17-7-2-8-18-25(22,23)13-4-1-3-12(9-13)19-16(21)14-10-15(24-20-14)11-5-6-11/h1,3-4,9-11,18H,2,5-8,17H2,(H,19,21). The number of carbonyl (C=O) groups excluding carboxylic acids is 1. The first kappa shape index (κ1) is 17.6. The highest BCUT2D eigenvalue weighted by atomic mass is 32.2. The monoisotopic (exact) mass is 364 g/mol. The fourth-order valence-corrected chi connectivity index (χ4v) is 3.40. The number of hydrogen-bond donors (Lipinski definition) is 3. The Hall–Kier alpha value is -2.23. The van der Waals surface area contributed by atoms with Gasteiger partial charge >= 0.3 is 0 Å². The molecule has 0 atom stereocenters. The predicted molar refractivity (Wildman–Crippen MR) is 91.7 cm³/mol. The topological polar surface area (TPSA) is 127 Å². The minimum absolute atomic E-state index is 0.0705. The molecule has 8 nitrogen and oxygen atoms in total. The number of benzene rings is 1. The van der Waals surface area contributed by atoms with Crippen molar-refractivity contribution in [3.05, 3.63) is 41.8 Å². The second kappa shape index (κ2) is 7.34. The molecule has 1 aromatic heterocycles. The summed E-state index contributed by atoms with van der Waals surface area (Å²) in [5, 5.41) is 6.40. The van der Waals surface area contributed by atoms with Crippen molar-refractivity contribution < 1.29 is 17.7 Å². The maximum Gasteiger partial charge on any atom is 0.277 e. The summed E-state index contributed by atoms with van der Waals surface area (Å²) in [7, 11) is -3.65. The molecule has 0 radical (unpaired) electrons. The summed E-state index contributed by atoms with van der Waals surface area (Å²) in [5.74, 6) is 0.633. The number of anilines is 1. The quantitative estimate of drug-likeness (QED) is 0.608. The molecular formula is C16H20N4O4S. The molecule has 1 aliphatic carbocycles. The van der Waals surface area contributed by atoms with E-state index in [1.54, 1.807) is 18.2 Å². The predicted octanol–water partition coefficient (Wildman–Crippen LogP) is 1.43. The van der Waals surface area contributed by atoms with Crippen LogP contribution in [0.25, 0.3) is 0 Å². The van der Waals surface area contributed by atoms with Crippen molar-refractivity contribution in [1.82, 2.24) is 9.88 Å². The van der Waals surface area contributed by atoms with E-state index in [4.69, 9.17) is 10.3 Å². The third kappa shape index (κ3) is 4.44. The minimum atomic E-state index is -3.65. The van der Waals surface area contributed by atoms with Crippen LogP contribution in [0.4, 0.5) is 5.69 Å². The Bertz CT molecular complexity index is 859. The van der Waals surface area contributed by atoms with Gasteiger partial charge in [0.2, 0.25) is 10.0 Å². The normalized spacial score (nSPS) is 14.4. The molecule has 1 amide bonds. The molecule has 0 saturated heterocycles. The van der Waals surface area contributed by atoms with Crippen LogP contribution < -0.4 is 15.8 Å². The zero-order chi connectivity index (χ0) is 17.9. The number of amides is 1. The summed E-state index contributed by atoms with van der Waals surface area (Å²) < 4.78 is 32.0. The highest BCUT2D eigenvalue weighted by Gasteiger charge is 2.29. The van der Waals surface area contributed by atoms with Gasteiger partial charge in [0, 0.05) is 24.2 Å². The Morgan fingerprint density at radius 3 is 2.84 bits per heavy atom. The highest BCUT2D eigenvalue weighted by Crippen LogP contribution is 2.40. The van der Waals surface area contributed by atoms with Gasteiger partial charge in [0.05, 0.1) is 4.90 Å². The van der Waals surface area contributed by atoms with Crippen LogP contribution in [-0.4, -0.2) is 32.6 Å². The zero-order valence-electron chi connectivity index (χ0n) is 13.6. The van der Waals surface area contributed by atoms with E-state index in [0.717, 1.165) is 12.8 Å². The Labute approximate surface area is 145 Å². The molecule has 0 aliphatic heterocycles. The SMILES string of the molecule is NCCCNS(=O)(=O)c1cccc(NC(=O)c2cc(C3CC3)on2)c1. The third-order valence-corrected chi connectivity index (χ3v) is 5.27. The van der Waals surface area contributed by atoms with Crippen LogP contribution in [0.3, 0.4) is 0 Å². The molecule has 1 aromatic carbocycles. The van der Waals surface area contributed by atoms with Gasteiger partial charge in [-0.3, -0.25) is 4.79 Å². The van der Waals surface area contributed by atoms with Crippen LogP contribution in [-0.2, 0) is 10.0 Å². The molecule has 0 spiro atoms. The van der Waals surface area contributed by atoms with Crippen LogP contribution in [0.15, 0.2) is 39.8 Å². The number of hydrogen-bond acceptors (Lipinski definition) is 6. The van der Waals surface area contributed by atoms with Crippen LogP contribution in [0, 0.1) is 0 Å². The van der Waals surface area contributed by atoms with E-state index < -0.39 is 15.9 Å². The lowest BCUT2D eigenvalue weighted by molar-refractivity contribution is 0.101. The number of nitrogens with zero attached hydrogens (tertiary/aromatic N) is 1. The molecule has 134 valence electrons. The second-order valence-corrected chi connectivity index (χ2v) is 7.68. The third-order valence-electron chi connectivity index (χ3n) is 3.82. The van der Waals surface area contributed by atoms with Crippen molar-refractivity contribution in [2.24, 2.45) is 5.73 Å². The Balaban J connectivity index is 1.69. The van der Waals surface area contributed by atoms with Crippen LogP contribution in [0.2, 0.25) is 0 Å². The number of nitrogens with one attached hydrogen (secondary N) is 2. The van der Waals surface area contributed by atoms with Gasteiger partial charge < -0.3 is 15.6 Å². The van der Waals surface area contributed by atoms with Crippen LogP contribution >= 0.6 is 0 Å². The van der Waals surface area contributed by atoms with Gasteiger partial charge in [-0.1, -0.05) is 11.2 Å². The van der Waals surface area contributed by atoms with Gasteiger partial charge in [0.25, 0.3) is 5.91 Å². The largest absolute Gasteiger partial charge is 0.360 e. The minimum Gasteiger partial charge on any atom is -0.360 e. The smallest absolute Gasteiger partial charge is 0.277 e. The summed E-state index contributed by atoms with van der Waals surface area (Å²) in [5.41, 5.74) is 5.90.